The van der Waals surface area contributed by atoms with Gasteiger partial charge in [-0.2, -0.15) is 0 Å². The molecule has 0 saturated carbocycles. The topological polar surface area (TPSA) is 49.9 Å². The monoisotopic (exact) mass is 384 g/mol. The molecule has 1 heterocycles. The lowest BCUT2D eigenvalue weighted by molar-refractivity contribution is -0.134. The van der Waals surface area contributed by atoms with E-state index in [9.17, 15) is 14.0 Å². The minimum Gasteiger partial charge on any atom is -0.496 e. The van der Waals surface area contributed by atoms with Gasteiger partial charge in [-0.3, -0.25) is 9.59 Å². The van der Waals surface area contributed by atoms with Crippen LogP contribution in [0.3, 0.4) is 0 Å². The molecular weight excluding hydrogens is 359 g/mol. The van der Waals surface area contributed by atoms with Crippen LogP contribution >= 0.6 is 0 Å². The molecule has 1 aliphatic rings. The Morgan fingerprint density at radius 3 is 2.71 bits per heavy atom. The number of carbonyl (C=O) groups is 2. The summed E-state index contributed by atoms with van der Waals surface area (Å²) < 4.78 is 19.0. The van der Waals surface area contributed by atoms with Crippen LogP contribution in [-0.4, -0.2) is 41.8 Å². The second-order valence-electron chi connectivity index (χ2n) is 6.93. The second-order valence-corrected chi connectivity index (χ2v) is 6.93. The van der Waals surface area contributed by atoms with Gasteiger partial charge >= 0.3 is 0 Å². The predicted octanol–water partition coefficient (Wildman–Crippen LogP) is 3.38. The molecule has 2 aromatic rings. The van der Waals surface area contributed by atoms with Crippen molar-refractivity contribution in [3.63, 3.8) is 0 Å². The summed E-state index contributed by atoms with van der Waals surface area (Å²) >= 11 is 0. The van der Waals surface area contributed by atoms with E-state index in [1.54, 1.807) is 29.0 Å². The summed E-state index contributed by atoms with van der Waals surface area (Å²) in [5.41, 5.74) is 1.60. The number of hydrogen-bond acceptors (Lipinski definition) is 3. The van der Waals surface area contributed by atoms with E-state index in [0.717, 1.165) is 17.5 Å². The van der Waals surface area contributed by atoms with E-state index >= 15 is 0 Å². The summed E-state index contributed by atoms with van der Waals surface area (Å²) in [6.45, 7) is 1.78. The van der Waals surface area contributed by atoms with Gasteiger partial charge < -0.3 is 14.5 Å². The van der Waals surface area contributed by atoms with Crippen molar-refractivity contribution in [3.05, 3.63) is 65.5 Å². The van der Waals surface area contributed by atoms with Crippen molar-refractivity contribution in [2.24, 2.45) is 0 Å². The number of nitrogens with zero attached hydrogens (tertiary/aromatic N) is 2. The van der Waals surface area contributed by atoms with Gasteiger partial charge in [-0.05, 0) is 30.2 Å². The Kier molecular flexibility index (Phi) is 6.63. The number of likely N-dealkylation sites (tertiary alicyclic amines) is 1. The van der Waals surface area contributed by atoms with E-state index in [1.165, 1.54) is 12.1 Å². The molecule has 3 rings (SSSR count). The molecule has 2 amide bonds. The number of para-hydroxylation sites is 1. The van der Waals surface area contributed by atoms with Crippen molar-refractivity contribution < 1.29 is 18.7 Å². The van der Waals surface area contributed by atoms with E-state index in [1.807, 2.05) is 24.3 Å². The highest BCUT2D eigenvalue weighted by molar-refractivity contribution is 5.80. The van der Waals surface area contributed by atoms with Crippen molar-refractivity contribution in [2.75, 3.05) is 20.2 Å². The van der Waals surface area contributed by atoms with Gasteiger partial charge in [-0.1, -0.05) is 30.3 Å². The zero-order valence-electron chi connectivity index (χ0n) is 16.1. The van der Waals surface area contributed by atoms with E-state index in [4.69, 9.17) is 4.74 Å². The fourth-order valence-electron chi connectivity index (χ4n) is 3.46. The Balaban J connectivity index is 1.74. The van der Waals surface area contributed by atoms with Gasteiger partial charge in [0.15, 0.2) is 0 Å². The van der Waals surface area contributed by atoms with Crippen LogP contribution in [0.25, 0.3) is 0 Å². The SMILES string of the molecule is COc1ccccc1CN(Cc1cccc(F)c1)C(=O)CCN1CCCC1=O. The van der Waals surface area contributed by atoms with Gasteiger partial charge in [0.2, 0.25) is 11.8 Å². The van der Waals surface area contributed by atoms with Crippen molar-refractivity contribution in [3.8, 4) is 5.75 Å². The van der Waals surface area contributed by atoms with Crippen LogP contribution in [0, 0.1) is 5.82 Å². The number of ether oxygens (including phenoxy) is 1. The van der Waals surface area contributed by atoms with Gasteiger partial charge in [0.05, 0.1) is 7.11 Å². The van der Waals surface area contributed by atoms with Crippen molar-refractivity contribution >= 4 is 11.8 Å². The van der Waals surface area contributed by atoms with Crippen LogP contribution in [0.1, 0.15) is 30.4 Å². The first-order valence-electron chi connectivity index (χ1n) is 9.48. The van der Waals surface area contributed by atoms with Crippen LogP contribution in [0.2, 0.25) is 0 Å². The lowest BCUT2D eigenvalue weighted by atomic mass is 10.1. The summed E-state index contributed by atoms with van der Waals surface area (Å²) in [6, 6.07) is 13.8. The first-order valence-corrected chi connectivity index (χ1v) is 9.48. The van der Waals surface area contributed by atoms with E-state index in [-0.39, 0.29) is 24.1 Å². The molecule has 1 saturated heterocycles. The Bertz CT molecular complexity index is 840. The smallest absolute Gasteiger partial charge is 0.224 e. The molecule has 6 heteroatoms. The molecule has 0 N–H and O–H groups in total. The van der Waals surface area contributed by atoms with E-state index in [2.05, 4.69) is 0 Å². The number of halogens is 1. The second kappa shape index (κ2) is 9.35. The summed E-state index contributed by atoms with van der Waals surface area (Å²) in [7, 11) is 1.59. The molecule has 0 radical (unpaired) electrons. The molecule has 0 atom stereocenters. The molecule has 148 valence electrons. The normalized spacial score (nSPS) is 13.6. The maximum atomic E-state index is 13.6. The van der Waals surface area contributed by atoms with Crippen molar-refractivity contribution in [1.82, 2.24) is 9.80 Å². The fraction of sp³-hybridized carbons (Fsp3) is 0.364. The van der Waals surface area contributed by atoms with Gasteiger partial charge in [-0.25, -0.2) is 4.39 Å². The molecule has 1 fully saturated rings. The number of rotatable bonds is 8. The highest BCUT2D eigenvalue weighted by atomic mass is 19.1. The molecule has 5 nitrogen and oxygen atoms in total. The van der Waals surface area contributed by atoms with E-state index in [0.29, 0.717) is 38.3 Å². The molecule has 0 unspecified atom stereocenters. The lowest BCUT2D eigenvalue weighted by Gasteiger charge is -2.25. The Hall–Kier alpha value is -2.89. The zero-order valence-corrected chi connectivity index (χ0v) is 16.1. The average molecular weight is 384 g/mol. The Morgan fingerprint density at radius 2 is 2.00 bits per heavy atom. The molecular formula is C22H25FN2O3. The van der Waals surface area contributed by atoms with Crippen LogP contribution in [-0.2, 0) is 22.7 Å². The third-order valence-corrected chi connectivity index (χ3v) is 4.94. The number of benzene rings is 2. The molecule has 0 bridgehead atoms. The van der Waals surface area contributed by atoms with Crippen LogP contribution in [0.4, 0.5) is 4.39 Å². The predicted molar refractivity (Wildman–Crippen MR) is 104 cm³/mol. The van der Waals surface area contributed by atoms with Gasteiger partial charge in [-0.15, -0.1) is 0 Å². The highest BCUT2D eigenvalue weighted by Crippen LogP contribution is 2.21. The molecule has 0 spiro atoms. The summed E-state index contributed by atoms with van der Waals surface area (Å²) in [4.78, 5) is 28.2. The fourth-order valence-corrected chi connectivity index (χ4v) is 3.46. The first-order chi connectivity index (χ1) is 13.6. The standard InChI is InChI=1S/C22H25FN2O3/c1-28-20-9-3-2-7-18(20)16-25(15-17-6-4-8-19(23)14-17)22(27)11-13-24-12-5-10-21(24)26/h2-4,6-9,14H,5,10-13,15-16H2,1H3. The quantitative estimate of drug-likeness (QED) is 0.701. The van der Waals surface area contributed by atoms with Gasteiger partial charge in [0.25, 0.3) is 0 Å². The van der Waals surface area contributed by atoms with Gasteiger partial charge in [0.1, 0.15) is 11.6 Å². The molecule has 28 heavy (non-hydrogen) atoms. The lowest BCUT2D eigenvalue weighted by Crippen LogP contribution is -2.34. The zero-order chi connectivity index (χ0) is 19.9. The summed E-state index contributed by atoms with van der Waals surface area (Å²) in [6.07, 6.45) is 1.65. The summed E-state index contributed by atoms with van der Waals surface area (Å²) in [5, 5.41) is 0. The average Bonchev–Trinajstić information content (AvgIpc) is 3.11. The number of carbonyl (C=O) groups excluding carboxylic acids is 2. The molecule has 0 aromatic heterocycles. The number of hydrogen-bond donors (Lipinski definition) is 0. The molecule has 2 aromatic carbocycles. The first kappa shape index (κ1) is 19.9. The highest BCUT2D eigenvalue weighted by Gasteiger charge is 2.23. The number of methoxy groups -OCH3 is 1. The third kappa shape index (κ3) is 5.09. The van der Waals surface area contributed by atoms with Crippen LogP contribution < -0.4 is 4.74 Å². The number of amides is 2. The Labute approximate surface area is 164 Å². The largest absolute Gasteiger partial charge is 0.496 e. The third-order valence-electron chi connectivity index (χ3n) is 4.94. The minimum absolute atomic E-state index is 0.0742. The van der Waals surface area contributed by atoms with Crippen molar-refractivity contribution in [1.29, 1.82) is 0 Å². The van der Waals surface area contributed by atoms with Crippen LogP contribution in [0.5, 0.6) is 5.75 Å². The maximum absolute atomic E-state index is 13.6. The molecule has 0 aliphatic carbocycles. The van der Waals surface area contributed by atoms with Gasteiger partial charge in [0, 0.05) is 44.6 Å². The Morgan fingerprint density at radius 1 is 1.18 bits per heavy atom. The minimum atomic E-state index is -0.329. The van der Waals surface area contributed by atoms with E-state index < -0.39 is 0 Å². The van der Waals surface area contributed by atoms with Crippen LogP contribution in [0.15, 0.2) is 48.5 Å². The maximum Gasteiger partial charge on any atom is 0.224 e. The molecule has 1 aliphatic heterocycles. The summed E-state index contributed by atoms with van der Waals surface area (Å²) in [5.74, 6) is 0.406. The van der Waals surface area contributed by atoms with Crippen molar-refractivity contribution in [2.45, 2.75) is 32.4 Å².